The van der Waals surface area contributed by atoms with E-state index >= 15 is 0 Å². The predicted octanol–water partition coefficient (Wildman–Crippen LogP) is 6.54. The first kappa shape index (κ1) is 24.9. The van der Waals surface area contributed by atoms with E-state index in [-0.39, 0.29) is 17.9 Å². The van der Waals surface area contributed by atoms with Gasteiger partial charge in [-0.05, 0) is 66.9 Å². The Bertz CT molecular complexity index is 1520. The number of aromatic nitrogens is 1. The normalized spacial score (nSPS) is 17.1. The number of carbonyl (C=O) groups is 2. The zero-order valence-electron chi connectivity index (χ0n) is 20.0. The third-order valence-electron chi connectivity index (χ3n) is 6.53. The maximum Gasteiger partial charge on any atom is 0.295 e. The van der Waals surface area contributed by atoms with Crippen molar-refractivity contribution in [3.63, 3.8) is 0 Å². The molecule has 0 saturated carbocycles. The number of amides is 1. The molecule has 1 aliphatic heterocycles. The van der Waals surface area contributed by atoms with E-state index in [1.807, 2.05) is 37.4 Å². The number of likely N-dealkylation sites (tertiary alicyclic amines) is 1. The van der Waals surface area contributed by atoms with Gasteiger partial charge < -0.3 is 19.7 Å². The molecule has 1 fully saturated rings. The monoisotopic (exact) mass is 534 g/mol. The Labute approximate surface area is 224 Å². The fourth-order valence-corrected chi connectivity index (χ4v) is 5.28. The SMILES string of the molecule is CCOc1ccc(/C(O)=C2\C(=O)C(=O)N(CCc3c[nH]c4ccccc34)C2c2ccc(Cl)cc2Cl)cc1. The van der Waals surface area contributed by atoms with Gasteiger partial charge in [0.1, 0.15) is 11.5 Å². The van der Waals surface area contributed by atoms with Crippen LogP contribution in [0.25, 0.3) is 16.7 Å². The van der Waals surface area contributed by atoms with Crippen LogP contribution in [0.2, 0.25) is 10.0 Å². The lowest BCUT2D eigenvalue weighted by atomic mass is 9.95. The molecular weight excluding hydrogens is 511 g/mol. The number of hydrogen-bond acceptors (Lipinski definition) is 4. The fraction of sp³-hybridized carbons (Fsp3) is 0.172. The lowest BCUT2D eigenvalue weighted by molar-refractivity contribution is -0.139. The lowest BCUT2D eigenvalue weighted by Crippen LogP contribution is -2.31. The Morgan fingerprint density at radius 2 is 1.81 bits per heavy atom. The number of ether oxygens (including phenoxy) is 1. The van der Waals surface area contributed by atoms with Crippen molar-refractivity contribution in [1.29, 1.82) is 0 Å². The summed E-state index contributed by atoms with van der Waals surface area (Å²) in [5.74, 6) is -1.09. The summed E-state index contributed by atoms with van der Waals surface area (Å²) in [6.07, 6.45) is 2.41. The molecule has 2 heterocycles. The highest BCUT2D eigenvalue weighted by Gasteiger charge is 2.46. The molecule has 0 spiro atoms. The minimum Gasteiger partial charge on any atom is -0.507 e. The molecule has 5 rings (SSSR count). The smallest absolute Gasteiger partial charge is 0.295 e. The van der Waals surface area contributed by atoms with Crippen LogP contribution in [0, 0.1) is 0 Å². The summed E-state index contributed by atoms with van der Waals surface area (Å²) in [6.45, 7) is 2.62. The second-order valence-electron chi connectivity index (χ2n) is 8.73. The van der Waals surface area contributed by atoms with Gasteiger partial charge in [-0.15, -0.1) is 0 Å². The van der Waals surface area contributed by atoms with Crippen molar-refractivity contribution in [3.8, 4) is 5.75 Å². The van der Waals surface area contributed by atoms with Gasteiger partial charge >= 0.3 is 0 Å². The molecule has 1 amide bonds. The van der Waals surface area contributed by atoms with Crippen LogP contribution in [0.1, 0.15) is 29.7 Å². The van der Waals surface area contributed by atoms with Gasteiger partial charge in [0.15, 0.2) is 0 Å². The molecule has 1 aromatic heterocycles. The zero-order chi connectivity index (χ0) is 26.1. The van der Waals surface area contributed by atoms with Crippen molar-refractivity contribution < 1.29 is 19.4 Å². The van der Waals surface area contributed by atoms with Gasteiger partial charge in [0.25, 0.3) is 11.7 Å². The highest BCUT2D eigenvalue weighted by Crippen LogP contribution is 2.42. The number of hydrogen-bond donors (Lipinski definition) is 2. The molecule has 2 N–H and O–H groups in total. The average molecular weight is 535 g/mol. The van der Waals surface area contributed by atoms with Gasteiger partial charge in [-0.2, -0.15) is 0 Å². The van der Waals surface area contributed by atoms with Crippen LogP contribution in [0.4, 0.5) is 0 Å². The van der Waals surface area contributed by atoms with Crippen molar-refractivity contribution in [2.75, 3.05) is 13.2 Å². The maximum absolute atomic E-state index is 13.3. The van der Waals surface area contributed by atoms with Crippen molar-refractivity contribution >= 4 is 51.6 Å². The number of ketones is 1. The van der Waals surface area contributed by atoms with Crippen molar-refractivity contribution in [2.45, 2.75) is 19.4 Å². The van der Waals surface area contributed by atoms with Crippen molar-refractivity contribution in [3.05, 3.63) is 105 Å². The van der Waals surface area contributed by atoms with E-state index in [0.717, 1.165) is 16.5 Å². The van der Waals surface area contributed by atoms with Crippen LogP contribution in [0.3, 0.4) is 0 Å². The maximum atomic E-state index is 13.3. The van der Waals surface area contributed by atoms with Gasteiger partial charge in [0.05, 0.1) is 18.2 Å². The van der Waals surface area contributed by atoms with Gasteiger partial charge in [-0.25, -0.2) is 0 Å². The predicted molar refractivity (Wildman–Crippen MR) is 145 cm³/mol. The minimum absolute atomic E-state index is 0.0164. The number of aliphatic hydroxyl groups is 1. The summed E-state index contributed by atoms with van der Waals surface area (Å²) in [5.41, 5.74) is 2.90. The molecule has 3 aromatic carbocycles. The number of nitrogens with zero attached hydrogens (tertiary/aromatic N) is 1. The Kier molecular flexibility index (Phi) is 6.96. The van der Waals surface area contributed by atoms with E-state index in [1.165, 1.54) is 4.90 Å². The van der Waals surface area contributed by atoms with E-state index in [4.69, 9.17) is 27.9 Å². The number of H-pyrrole nitrogens is 1. The molecule has 0 radical (unpaired) electrons. The standard InChI is InChI=1S/C29H24Cl2N2O4/c1-2-37-20-10-7-17(8-11-20)27(34)25-26(22-12-9-19(30)15-23(22)31)33(29(36)28(25)35)14-13-18-16-32-24-6-4-3-5-21(18)24/h3-12,15-16,26,32,34H,2,13-14H2,1H3/b27-25+. The summed E-state index contributed by atoms with van der Waals surface area (Å²) in [7, 11) is 0. The van der Waals surface area contributed by atoms with Crippen LogP contribution in [-0.4, -0.2) is 39.8 Å². The van der Waals surface area contributed by atoms with Crippen LogP contribution < -0.4 is 4.74 Å². The number of carbonyl (C=O) groups excluding carboxylic acids is 2. The molecule has 1 atom stereocenters. The number of fused-ring (bicyclic) bond motifs is 1. The van der Waals surface area contributed by atoms with Crippen molar-refractivity contribution in [2.24, 2.45) is 0 Å². The van der Waals surface area contributed by atoms with E-state index < -0.39 is 17.7 Å². The first-order valence-electron chi connectivity index (χ1n) is 11.9. The summed E-state index contributed by atoms with van der Waals surface area (Å²) in [4.78, 5) is 31.3. The second kappa shape index (κ2) is 10.3. The molecule has 0 aliphatic carbocycles. The summed E-state index contributed by atoms with van der Waals surface area (Å²) < 4.78 is 5.48. The first-order valence-corrected chi connectivity index (χ1v) is 12.7. The van der Waals surface area contributed by atoms with E-state index in [2.05, 4.69) is 4.98 Å². The largest absolute Gasteiger partial charge is 0.507 e. The number of aliphatic hydroxyl groups excluding tert-OH is 1. The Balaban J connectivity index is 1.57. The molecule has 1 saturated heterocycles. The Morgan fingerprint density at radius 1 is 1.05 bits per heavy atom. The third-order valence-corrected chi connectivity index (χ3v) is 7.10. The molecule has 6 nitrogen and oxygen atoms in total. The van der Waals surface area contributed by atoms with Gasteiger partial charge in [-0.1, -0.05) is 47.5 Å². The molecule has 8 heteroatoms. The quantitative estimate of drug-likeness (QED) is 0.160. The second-order valence-corrected chi connectivity index (χ2v) is 9.57. The van der Waals surface area contributed by atoms with E-state index in [0.29, 0.717) is 39.9 Å². The average Bonchev–Trinajstić information content (AvgIpc) is 3.41. The van der Waals surface area contributed by atoms with Gasteiger partial charge in [-0.3, -0.25) is 9.59 Å². The number of benzene rings is 3. The Hall–Kier alpha value is -3.74. The summed E-state index contributed by atoms with van der Waals surface area (Å²) in [5, 5.41) is 13.1. The van der Waals surface area contributed by atoms with Crippen molar-refractivity contribution in [1.82, 2.24) is 9.88 Å². The van der Waals surface area contributed by atoms with Crippen LogP contribution in [0.5, 0.6) is 5.75 Å². The highest BCUT2D eigenvalue weighted by atomic mass is 35.5. The number of aromatic amines is 1. The number of para-hydroxylation sites is 1. The number of nitrogens with one attached hydrogen (secondary N) is 1. The molecule has 1 aliphatic rings. The van der Waals surface area contributed by atoms with Crippen LogP contribution in [0.15, 0.2) is 78.5 Å². The molecule has 188 valence electrons. The molecule has 1 unspecified atom stereocenters. The number of rotatable bonds is 7. The van der Waals surface area contributed by atoms with Crippen LogP contribution >= 0.6 is 23.2 Å². The fourth-order valence-electron chi connectivity index (χ4n) is 4.77. The highest BCUT2D eigenvalue weighted by molar-refractivity contribution is 6.47. The summed E-state index contributed by atoms with van der Waals surface area (Å²) >= 11 is 12.7. The van der Waals surface area contributed by atoms with Gasteiger partial charge in [0, 0.05) is 39.3 Å². The van der Waals surface area contributed by atoms with E-state index in [1.54, 1.807) is 42.5 Å². The number of Topliss-reactive ketones (excluding diaryl/α,β-unsaturated/α-hetero) is 1. The first-order chi connectivity index (χ1) is 17.9. The zero-order valence-corrected chi connectivity index (χ0v) is 21.5. The summed E-state index contributed by atoms with van der Waals surface area (Å²) in [6, 6.07) is 18.6. The van der Waals surface area contributed by atoms with Crippen LogP contribution in [-0.2, 0) is 16.0 Å². The number of halogens is 2. The molecule has 4 aromatic rings. The van der Waals surface area contributed by atoms with E-state index in [9.17, 15) is 14.7 Å². The molecular formula is C29H24Cl2N2O4. The Morgan fingerprint density at radius 3 is 2.54 bits per heavy atom. The third kappa shape index (κ3) is 4.70. The molecule has 37 heavy (non-hydrogen) atoms. The minimum atomic E-state index is -0.874. The van der Waals surface area contributed by atoms with Gasteiger partial charge in [0.2, 0.25) is 0 Å². The topological polar surface area (TPSA) is 82.6 Å². The molecule has 0 bridgehead atoms. The lowest BCUT2D eigenvalue weighted by Gasteiger charge is -2.26.